The van der Waals surface area contributed by atoms with E-state index >= 15 is 0 Å². The van der Waals surface area contributed by atoms with Gasteiger partial charge in [0.2, 0.25) is 0 Å². The van der Waals surface area contributed by atoms with Gasteiger partial charge < -0.3 is 14.8 Å². The summed E-state index contributed by atoms with van der Waals surface area (Å²) in [5.41, 5.74) is 1.43. The number of unbranched alkanes of at least 4 members (excludes halogenated alkanes) is 1. The van der Waals surface area contributed by atoms with Crippen molar-refractivity contribution in [3.8, 4) is 0 Å². The fraction of sp³-hybridized carbons (Fsp3) is 0.609. The van der Waals surface area contributed by atoms with Crippen LogP contribution >= 0.6 is 24.0 Å². The van der Waals surface area contributed by atoms with E-state index in [-0.39, 0.29) is 24.0 Å². The first-order chi connectivity index (χ1) is 14.8. The number of fused-ring (bicyclic) bond motifs is 1. The van der Waals surface area contributed by atoms with Crippen LogP contribution in [0.15, 0.2) is 48.0 Å². The standard InChI is InChI=1S/C23H35N7.HI/c1-24-23(25-12-5-6-13-28-18-26-27-19-28)30-15-11-22-21(17-30)10-7-14-29(22)16-20-8-3-2-4-9-20;/h2-4,8-9,18-19,21-22H,5-7,10-17H2,1H3,(H,24,25);1H. The largest absolute Gasteiger partial charge is 0.356 e. The number of nitrogens with zero attached hydrogens (tertiary/aromatic N) is 6. The molecule has 0 bridgehead atoms. The van der Waals surface area contributed by atoms with Crippen molar-refractivity contribution in [2.45, 2.75) is 51.2 Å². The Labute approximate surface area is 203 Å². The number of aliphatic imine (C=N–C) groups is 1. The molecule has 2 aliphatic rings. The second kappa shape index (κ2) is 12.4. The molecule has 0 radical (unpaired) electrons. The summed E-state index contributed by atoms with van der Waals surface area (Å²) in [7, 11) is 1.91. The van der Waals surface area contributed by atoms with Crippen LogP contribution in [0.5, 0.6) is 0 Å². The molecule has 3 heterocycles. The second-order valence-electron chi connectivity index (χ2n) is 8.54. The number of halogens is 1. The van der Waals surface area contributed by atoms with E-state index in [0.717, 1.165) is 57.4 Å². The SMILES string of the molecule is CN=C(NCCCCn1cnnc1)N1CCC2C(CCCN2Cc2ccccc2)C1.I. The topological polar surface area (TPSA) is 61.6 Å². The zero-order chi connectivity index (χ0) is 20.6. The van der Waals surface area contributed by atoms with Crippen molar-refractivity contribution in [3.05, 3.63) is 48.5 Å². The van der Waals surface area contributed by atoms with Gasteiger partial charge in [-0.2, -0.15) is 0 Å². The van der Waals surface area contributed by atoms with Gasteiger partial charge in [-0.1, -0.05) is 30.3 Å². The predicted octanol–water partition coefficient (Wildman–Crippen LogP) is 3.24. The van der Waals surface area contributed by atoms with Crippen LogP contribution < -0.4 is 5.32 Å². The second-order valence-corrected chi connectivity index (χ2v) is 8.54. The Hall–Kier alpha value is -1.68. The monoisotopic (exact) mass is 537 g/mol. The predicted molar refractivity (Wildman–Crippen MR) is 136 cm³/mol. The van der Waals surface area contributed by atoms with Crippen molar-refractivity contribution in [3.63, 3.8) is 0 Å². The lowest BCUT2D eigenvalue weighted by Gasteiger charge is -2.48. The lowest BCUT2D eigenvalue weighted by atomic mass is 9.83. The molecule has 2 aliphatic heterocycles. The van der Waals surface area contributed by atoms with Crippen LogP contribution in [0.3, 0.4) is 0 Å². The highest BCUT2D eigenvalue weighted by atomic mass is 127. The molecule has 1 N–H and O–H groups in total. The van der Waals surface area contributed by atoms with Gasteiger partial charge in [0.15, 0.2) is 5.96 Å². The molecule has 7 nitrogen and oxygen atoms in total. The lowest BCUT2D eigenvalue weighted by Crippen LogP contribution is -2.56. The molecule has 2 fully saturated rings. The van der Waals surface area contributed by atoms with E-state index in [2.05, 4.69) is 60.6 Å². The average Bonchev–Trinajstić information content (AvgIpc) is 3.30. The van der Waals surface area contributed by atoms with Crippen molar-refractivity contribution in [2.75, 3.05) is 33.2 Å². The Morgan fingerprint density at radius 3 is 2.68 bits per heavy atom. The van der Waals surface area contributed by atoms with Crippen molar-refractivity contribution in [1.82, 2.24) is 29.9 Å². The molecule has 2 atom stereocenters. The smallest absolute Gasteiger partial charge is 0.193 e. The lowest BCUT2D eigenvalue weighted by molar-refractivity contribution is 0.0372. The van der Waals surface area contributed by atoms with Gasteiger partial charge >= 0.3 is 0 Å². The number of piperidine rings is 2. The Morgan fingerprint density at radius 1 is 1.10 bits per heavy atom. The number of likely N-dealkylation sites (tertiary alicyclic amines) is 2. The fourth-order valence-electron chi connectivity index (χ4n) is 5.00. The van der Waals surface area contributed by atoms with Crippen LogP contribution in [0.1, 0.15) is 37.7 Å². The summed E-state index contributed by atoms with van der Waals surface area (Å²) >= 11 is 0. The molecule has 2 aromatic rings. The normalized spacial score (nSPS) is 22.0. The molecule has 31 heavy (non-hydrogen) atoms. The molecule has 8 heteroatoms. The van der Waals surface area contributed by atoms with E-state index in [1.165, 1.54) is 31.4 Å². The van der Waals surface area contributed by atoms with E-state index < -0.39 is 0 Å². The maximum absolute atomic E-state index is 4.58. The minimum atomic E-state index is 0. The molecule has 0 amide bonds. The van der Waals surface area contributed by atoms with Crippen molar-refractivity contribution >= 4 is 29.9 Å². The summed E-state index contributed by atoms with van der Waals surface area (Å²) in [4.78, 5) is 9.78. The number of nitrogens with one attached hydrogen (secondary N) is 1. The van der Waals surface area contributed by atoms with Crippen LogP contribution in [0.2, 0.25) is 0 Å². The van der Waals surface area contributed by atoms with Crippen LogP contribution in [-0.4, -0.2) is 69.8 Å². The third kappa shape index (κ3) is 6.65. The first-order valence-corrected chi connectivity index (χ1v) is 11.4. The molecular formula is C23H36IN7. The molecule has 0 spiro atoms. The van der Waals surface area contributed by atoms with Gasteiger partial charge in [-0.25, -0.2) is 0 Å². The minimum Gasteiger partial charge on any atom is -0.356 e. The maximum Gasteiger partial charge on any atom is 0.193 e. The highest BCUT2D eigenvalue weighted by Crippen LogP contribution is 2.31. The van der Waals surface area contributed by atoms with Crippen LogP contribution in [-0.2, 0) is 13.1 Å². The van der Waals surface area contributed by atoms with Gasteiger partial charge in [0.25, 0.3) is 0 Å². The number of hydrogen-bond acceptors (Lipinski definition) is 4. The van der Waals surface area contributed by atoms with E-state index in [9.17, 15) is 0 Å². The quantitative estimate of drug-likeness (QED) is 0.255. The van der Waals surface area contributed by atoms with Crippen LogP contribution in [0.4, 0.5) is 0 Å². The van der Waals surface area contributed by atoms with Gasteiger partial charge in [-0.05, 0) is 50.1 Å². The van der Waals surface area contributed by atoms with Crippen molar-refractivity contribution < 1.29 is 0 Å². The summed E-state index contributed by atoms with van der Waals surface area (Å²) in [6.45, 7) is 6.46. The highest BCUT2D eigenvalue weighted by molar-refractivity contribution is 14.0. The minimum absolute atomic E-state index is 0. The third-order valence-corrected chi connectivity index (χ3v) is 6.52. The van der Waals surface area contributed by atoms with E-state index in [1.54, 1.807) is 12.7 Å². The Morgan fingerprint density at radius 2 is 1.90 bits per heavy atom. The Balaban J connectivity index is 0.00000272. The van der Waals surface area contributed by atoms with Gasteiger partial charge in [-0.3, -0.25) is 9.89 Å². The van der Waals surface area contributed by atoms with E-state index in [4.69, 9.17) is 0 Å². The van der Waals surface area contributed by atoms with Gasteiger partial charge in [0.1, 0.15) is 12.7 Å². The maximum atomic E-state index is 4.58. The average molecular weight is 537 g/mol. The first kappa shape index (κ1) is 24.0. The van der Waals surface area contributed by atoms with Crippen LogP contribution in [0.25, 0.3) is 0 Å². The first-order valence-electron chi connectivity index (χ1n) is 11.4. The number of rotatable bonds is 7. The van der Waals surface area contributed by atoms with Gasteiger partial charge in [0, 0.05) is 45.8 Å². The number of guanidine groups is 1. The molecule has 2 unspecified atom stereocenters. The summed E-state index contributed by atoms with van der Waals surface area (Å²) in [6.07, 6.45) is 9.65. The number of aryl methyl sites for hydroxylation is 1. The third-order valence-electron chi connectivity index (χ3n) is 6.52. The molecular weight excluding hydrogens is 501 g/mol. The van der Waals surface area contributed by atoms with E-state index in [0.29, 0.717) is 6.04 Å². The molecule has 1 aromatic heterocycles. The van der Waals surface area contributed by atoms with Gasteiger partial charge in [-0.15, -0.1) is 34.2 Å². The zero-order valence-electron chi connectivity index (χ0n) is 18.6. The van der Waals surface area contributed by atoms with E-state index in [1.807, 2.05) is 11.6 Å². The zero-order valence-corrected chi connectivity index (χ0v) is 20.9. The summed E-state index contributed by atoms with van der Waals surface area (Å²) in [5.74, 6) is 1.81. The molecule has 2 saturated heterocycles. The summed E-state index contributed by atoms with van der Waals surface area (Å²) < 4.78 is 2.03. The number of hydrogen-bond donors (Lipinski definition) is 1. The highest BCUT2D eigenvalue weighted by Gasteiger charge is 2.36. The molecule has 170 valence electrons. The number of benzene rings is 1. The molecule has 1 aromatic carbocycles. The Kier molecular flexibility index (Phi) is 9.57. The number of aromatic nitrogens is 3. The summed E-state index contributed by atoms with van der Waals surface area (Å²) in [6, 6.07) is 11.6. The molecule has 0 saturated carbocycles. The fourth-order valence-corrected chi connectivity index (χ4v) is 5.00. The summed E-state index contributed by atoms with van der Waals surface area (Å²) in [5, 5.41) is 11.3. The Bertz CT molecular complexity index is 780. The van der Waals surface area contributed by atoms with Crippen molar-refractivity contribution in [1.29, 1.82) is 0 Å². The van der Waals surface area contributed by atoms with Gasteiger partial charge in [0.05, 0.1) is 0 Å². The van der Waals surface area contributed by atoms with Crippen molar-refractivity contribution in [2.24, 2.45) is 10.9 Å². The molecule has 4 rings (SSSR count). The molecule has 0 aliphatic carbocycles. The van der Waals surface area contributed by atoms with Crippen LogP contribution in [0, 0.1) is 5.92 Å².